The minimum Gasteiger partial charge on any atom is -0.394 e. The van der Waals surface area contributed by atoms with Crippen molar-refractivity contribution in [1.29, 1.82) is 0 Å². The van der Waals surface area contributed by atoms with Crippen LogP contribution in [0.3, 0.4) is 0 Å². The van der Waals surface area contributed by atoms with Crippen molar-refractivity contribution >= 4 is 0 Å². The van der Waals surface area contributed by atoms with Crippen molar-refractivity contribution in [3.05, 3.63) is 0 Å². The second kappa shape index (κ2) is 24.4. The quantitative estimate of drug-likeness (QED) is 0.128. The van der Waals surface area contributed by atoms with Gasteiger partial charge in [0.2, 0.25) is 0 Å². The number of rotatable bonds is 25. The highest BCUT2D eigenvalue weighted by molar-refractivity contribution is 4.63. The van der Waals surface area contributed by atoms with Gasteiger partial charge in [-0.1, -0.05) is 103 Å². The number of ether oxygens (including phenoxy) is 2. The molecule has 0 aliphatic heterocycles. The van der Waals surface area contributed by atoms with Crippen molar-refractivity contribution in [3.63, 3.8) is 0 Å². The van der Waals surface area contributed by atoms with Gasteiger partial charge in [0.05, 0.1) is 26.4 Å². The predicted molar refractivity (Wildman–Crippen MR) is 131 cm³/mol. The molecule has 0 aromatic carbocycles. The molecule has 0 aromatic heterocycles. The Hall–Kier alpha value is -0.200. The van der Waals surface area contributed by atoms with Crippen molar-refractivity contribution in [1.82, 2.24) is 4.90 Å². The van der Waals surface area contributed by atoms with Crippen molar-refractivity contribution in [2.24, 2.45) is 0 Å². The standard InChI is InChI=1S/C26H55NO4/c1-4-5-6-7-8-9-10-11-12-13-14-15-16-17-18-19-20-27(25(2)30-23-21-28)26(3)31-24-22-29/h25-26,28-29H,4-24H2,1-3H3. The number of hydrogen-bond acceptors (Lipinski definition) is 5. The third-order valence-corrected chi connectivity index (χ3v) is 6.10. The second-order valence-corrected chi connectivity index (χ2v) is 8.93. The van der Waals surface area contributed by atoms with E-state index >= 15 is 0 Å². The van der Waals surface area contributed by atoms with E-state index in [1.807, 2.05) is 13.8 Å². The van der Waals surface area contributed by atoms with Gasteiger partial charge in [0.15, 0.2) is 0 Å². The van der Waals surface area contributed by atoms with Crippen LogP contribution in [0.1, 0.15) is 124 Å². The normalized spacial score (nSPS) is 13.7. The summed E-state index contributed by atoms with van der Waals surface area (Å²) in [7, 11) is 0. The Balaban J connectivity index is 3.63. The molecule has 0 aliphatic carbocycles. The van der Waals surface area contributed by atoms with Crippen LogP contribution in [0.15, 0.2) is 0 Å². The van der Waals surface area contributed by atoms with Gasteiger partial charge in [0, 0.05) is 6.54 Å². The highest BCUT2D eigenvalue weighted by atomic mass is 16.5. The summed E-state index contributed by atoms with van der Waals surface area (Å²) in [4.78, 5) is 2.18. The average Bonchev–Trinajstić information content (AvgIpc) is 2.78. The lowest BCUT2D eigenvalue weighted by molar-refractivity contribution is -0.147. The van der Waals surface area contributed by atoms with Crippen molar-refractivity contribution in [2.75, 3.05) is 33.0 Å². The summed E-state index contributed by atoms with van der Waals surface area (Å²) < 4.78 is 11.3. The van der Waals surface area contributed by atoms with E-state index in [1.54, 1.807) is 0 Å². The SMILES string of the molecule is CCCCCCCCCCCCCCCCCCN(C(C)OCCO)C(C)OCCO. The average molecular weight is 446 g/mol. The predicted octanol–water partition coefficient (Wildman–Crippen LogP) is 6.26. The van der Waals surface area contributed by atoms with Crippen molar-refractivity contribution in [3.8, 4) is 0 Å². The highest BCUT2D eigenvalue weighted by Gasteiger charge is 2.20. The van der Waals surface area contributed by atoms with Crippen LogP contribution < -0.4 is 0 Å². The number of hydrogen-bond donors (Lipinski definition) is 2. The second-order valence-electron chi connectivity index (χ2n) is 8.93. The van der Waals surface area contributed by atoms with Crippen molar-refractivity contribution in [2.45, 2.75) is 136 Å². The first-order chi connectivity index (χ1) is 15.2. The molecule has 0 saturated heterocycles. The van der Waals surface area contributed by atoms with Gasteiger partial charge in [0.1, 0.15) is 12.5 Å². The molecule has 188 valence electrons. The van der Waals surface area contributed by atoms with Gasteiger partial charge in [-0.15, -0.1) is 0 Å². The van der Waals surface area contributed by atoms with Crippen LogP contribution in [0.25, 0.3) is 0 Å². The fraction of sp³-hybridized carbons (Fsp3) is 1.00. The van der Waals surface area contributed by atoms with Gasteiger partial charge in [0.25, 0.3) is 0 Å². The topological polar surface area (TPSA) is 62.2 Å². The van der Waals surface area contributed by atoms with Crippen LogP contribution in [-0.2, 0) is 9.47 Å². The van der Waals surface area contributed by atoms with Crippen LogP contribution in [-0.4, -0.2) is 60.5 Å². The Morgan fingerprint density at radius 1 is 0.548 bits per heavy atom. The smallest absolute Gasteiger partial charge is 0.109 e. The minimum absolute atomic E-state index is 0.0309. The molecule has 5 heteroatoms. The third kappa shape index (κ3) is 20.2. The van der Waals surface area contributed by atoms with E-state index in [2.05, 4.69) is 11.8 Å². The van der Waals surface area contributed by atoms with E-state index in [0.717, 1.165) is 13.0 Å². The molecular weight excluding hydrogens is 390 g/mol. The Morgan fingerprint density at radius 3 is 1.19 bits per heavy atom. The summed E-state index contributed by atoms with van der Waals surface area (Å²) >= 11 is 0. The van der Waals surface area contributed by atoms with E-state index in [9.17, 15) is 0 Å². The van der Waals surface area contributed by atoms with Crippen LogP contribution in [0.5, 0.6) is 0 Å². The summed E-state index contributed by atoms with van der Waals surface area (Å²) in [6, 6.07) is 0. The zero-order valence-corrected chi connectivity index (χ0v) is 21.2. The maximum atomic E-state index is 8.99. The van der Waals surface area contributed by atoms with Crippen LogP contribution >= 0.6 is 0 Å². The molecule has 0 fully saturated rings. The Morgan fingerprint density at radius 2 is 0.871 bits per heavy atom. The molecule has 0 aliphatic rings. The molecule has 0 aromatic rings. The fourth-order valence-electron chi connectivity index (χ4n) is 4.14. The van der Waals surface area contributed by atoms with Crippen LogP contribution in [0.4, 0.5) is 0 Å². The molecule has 0 amide bonds. The molecule has 2 N–H and O–H groups in total. The van der Waals surface area contributed by atoms with E-state index in [4.69, 9.17) is 19.7 Å². The van der Waals surface area contributed by atoms with E-state index in [-0.39, 0.29) is 25.7 Å². The van der Waals surface area contributed by atoms with Gasteiger partial charge in [-0.2, -0.15) is 0 Å². The maximum absolute atomic E-state index is 8.99. The van der Waals surface area contributed by atoms with Crippen molar-refractivity contribution < 1.29 is 19.7 Å². The summed E-state index contributed by atoms with van der Waals surface area (Å²) in [5, 5.41) is 18.0. The molecule has 0 rings (SSSR count). The Kier molecular flexibility index (Phi) is 24.3. The maximum Gasteiger partial charge on any atom is 0.109 e. The van der Waals surface area contributed by atoms with Gasteiger partial charge in [-0.25, -0.2) is 0 Å². The summed E-state index contributed by atoms with van der Waals surface area (Å²) in [5.41, 5.74) is 0. The van der Waals surface area contributed by atoms with Crippen LogP contribution in [0.2, 0.25) is 0 Å². The summed E-state index contributed by atoms with van der Waals surface area (Å²) in [6.07, 6.45) is 21.7. The molecule has 0 spiro atoms. The number of unbranched alkanes of at least 4 members (excludes halogenated alkanes) is 15. The van der Waals surface area contributed by atoms with Crippen LogP contribution in [0, 0.1) is 0 Å². The molecule has 31 heavy (non-hydrogen) atoms. The van der Waals surface area contributed by atoms with Gasteiger partial charge in [-0.3, -0.25) is 4.90 Å². The van der Waals surface area contributed by atoms with Gasteiger partial charge >= 0.3 is 0 Å². The number of aliphatic hydroxyl groups is 2. The molecule has 2 atom stereocenters. The lowest BCUT2D eigenvalue weighted by atomic mass is 10.0. The lowest BCUT2D eigenvalue weighted by Gasteiger charge is -2.34. The lowest BCUT2D eigenvalue weighted by Crippen LogP contribution is -2.44. The highest BCUT2D eigenvalue weighted by Crippen LogP contribution is 2.15. The minimum atomic E-state index is -0.0998. The third-order valence-electron chi connectivity index (χ3n) is 6.10. The van der Waals surface area contributed by atoms with E-state index < -0.39 is 0 Å². The first-order valence-corrected chi connectivity index (χ1v) is 13.4. The molecule has 0 radical (unpaired) electrons. The summed E-state index contributed by atoms with van der Waals surface area (Å²) in [5.74, 6) is 0. The largest absolute Gasteiger partial charge is 0.394 e. The summed E-state index contributed by atoms with van der Waals surface area (Å²) in [6.45, 7) is 7.93. The molecule has 0 heterocycles. The Labute approximate surface area is 193 Å². The molecule has 5 nitrogen and oxygen atoms in total. The fourth-order valence-corrected chi connectivity index (χ4v) is 4.14. The first kappa shape index (κ1) is 30.8. The first-order valence-electron chi connectivity index (χ1n) is 13.4. The van der Waals surface area contributed by atoms with E-state index in [1.165, 1.54) is 96.3 Å². The Bertz CT molecular complexity index is 329. The number of aliphatic hydroxyl groups excluding tert-OH is 2. The molecule has 0 saturated carbocycles. The van der Waals surface area contributed by atoms with Gasteiger partial charge in [-0.05, 0) is 20.3 Å². The zero-order chi connectivity index (χ0) is 23.0. The van der Waals surface area contributed by atoms with Gasteiger partial charge < -0.3 is 19.7 Å². The van der Waals surface area contributed by atoms with E-state index in [0.29, 0.717) is 13.2 Å². The molecule has 0 bridgehead atoms. The number of nitrogens with zero attached hydrogens (tertiary/aromatic N) is 1. The zero-order valence-electron chi connectivity index (χ0n) is 21.2. The molecular formula is C26H55NO4. The molecule has 2 unspecified atom stereocenters. The monoisotopic (exact) mass is 445 g/mol.